The third-order valence-electron chi connectivity index (χ3n) is 4.39. The maximum atomic E-state index is 11.1. The summed E-state index contributed by atoms with van der Waals surface area (Å²) in [6.45, 7) is 1.51. The molecule has 3 N–H and O–H groups in total. The Labute approximate surface area is 138 Å². The van der Waals surface area contributed by atoms with E-state index in [-0.39, 0.29) is 0 Å². The summed E-state index contributed by atoms with van der Waals surface area (Å²) < 4.78 is 5.32. The zero-order valence-corrected chi connectivity index (χ0v) is 13.2. The normalized spacial score (nSPS) is 13.8. The number of nitrogens with zero attached hydrogens (tertiary/aromatic N) is 3. The molecule has 0 aliphatic carbocycles. The average molecular weight is 323 g/mol. The monoisotopic (exact) mass is 323 g/mol. The number of aromatic amines is 1. The smallest absolute Gasteiger partial charge is 0.251 e. The lowest BCUT2D eigenvalue weighted by Gasteiger charge is -2.27. The number of primary amides is 1. The van der Waals surface area contributed by atoms with Gasteiger partial charge in [-0.05, 0) is 30.2 Å². The highest BCUT2D eigenvalue weighted by molar-refractivity contribution is 5.92. The highest BCUT2D eigenvalue weighted by Gasteiger charge is 2.22. The van der Waals surface area contributed by atoms with Crippen LogP contribution in [0.4, 0.5) is 5.95 Å². The number of carbonyl (C=O) groups is 1. The Morgan fingerprint density at radius 3 is 2.83 bits per heavy atom. The van der Waals surface area contributed by atoms with E-state index in [4.69, 9.17) is 10.5 Å². The molecule has 3 heterocycles. The van der Waals surface area contributed by atoms with Gasteiger partial charge in [-0.1, -0.05) is 0 Å². The number of nitrogens with one attached hydrogen (secondary N) is 1. The SMILES string of the molecule is COc1ccc2[nH]c3c(c2c1)CCN(c1ncc(C(N)=O)cn1)C3. The fraction of sp³-hybridized carbons (Fsp3) is 0.235. The molecule has 0 atom stereocenters. The van der Waals surface area contributed by atoms with Crippen LogP contribution in [0.5, 0.6) is 5.75 Å². The number of hydrogen-bond acceptors (Lipinski definition) is 5. The Kier molecular flexibility index (Phi) is 3.34. The molecule has 1 amide bonds. The van der Waals surface area contributed by atoms with Crippen LogP contribution in [0.2, 0.25) is 0 Å². The number of rotatable bonds is 3. The van der Waals surface area contributed by atoms with Gasteiger partial charge in [-0.25, -0.2) is 9.97 Å². The molecule has 0 saturated heterocycles. The molecule has 7 nitrogen and oxygen atoms in total. The second kappa shape index (κ2) is 5.52. The number of hydrogen-bond donors (Lipinski definition) is 2. The molecule has 0 spiro atoms. The number of benzene rings is 1. The number of ether oxygens (including phenoxy) is 1. The summed E-state index contributed by atoms with van der Waals surface area (Å²) in [4.78, 5) is 25.2. The molecule has 1 aromatic carbocycles. The second-order valence-electron chi connectivity index (χ2n) is 5.80. The van der Waals surface area contributed by atoms with Gasteiger partial charge in [0.15, 0.2) is 0 Å². The summed E-state index contributed by atoms with van der Waals surface area (Å²) >= 11 is 0. The van der Waals surface area contributed by atoms with Gasteiger partial charge in [0, 0.05) is 35.5 Å². The summed E-state index contributed by atoms with van der Waals surface area (Å²) in [5.74, 6) is 0.936. The number of fused-ring (bicyclic) bond motifs is 3. The van der Waals surface area contributed by atoms with E-state index < -0.39 is 5.91 Å². The van der Waals surface area contributed by atoms with E-state index >= 15 is 0 Å². The number of carbonyl (C=O) groups excluding carboxylic acids is 1. The first kappa shape index (κ1) is 14.5. The highest BCUT2D eigenvalue weighted by Crippen LogP contribution is 2.31. The predicted molar refractivity (Wildman–Crippen MR) is 90.2 cm³/mol. The predicted octanol–water partition coefficient (Wildman–Crippen LogP) is 1.63. The first-order valence-corrected chi connectivity index (χ1v) is 7.70. The fourth-order valence-corrected chi connectivity index (χ4v) is 3.13. The Hall–Kier alpha value is -3.09. The van der Waals surface area contributed by atoms with Crippen LogP contribution in [0.25, 0.3) is 10.9 Å². The van der Waals surface area contributed by atoms with Crippen molar-refractivity contribution in [2.75, 3.05) is 18.6 Å². The van der Waals surface area contributed by atoms with E-state index in [0.29, 0.717) is 18.1 Å². The van der Waals surface area contributed by atoms with Crippen LogP contribution in [-0.2, 0) is 13.0 Å². The minimum Gasteiger partial charge on any atom is -0.497 e. The van der Waals surface area contributed by atoms with Crippen molar-refractivity contribution in [3.05, 3.63) is 47.4 Å². The molecule has 0 fully saturated rings. The van der Waals surface area contributed by atoms with Gasteiger partial charge in [-0.15, -0.1) is 0 Å². The van der Waals surface area contributed by atoms with E-state index in [1.54, 1.807) is 7.11 Å². The van der Waals surface area contributed by atoms with Crippen LogP contribution in [0.1, 0.15) is 21.6 Å². The Morgan fingerprint density at radius 2 is 2.12 bits per heavy atom. The van der Waals surface area contributed by atoms with E-state index in [2.05, 4.69) is 25.9 Å². The number of anilines is 1. The van der Waals surface area contributed by atoms with E-state index in [1.807, 2.05) is 12.1 Å². The van der Waals surface area contributed by atoms with Crippen LogP contribution in [0.3, 0.4) is 0 Å². The average Bonchev–Trinajstić information content (AvgIpc) is 2.98. The second-order valence-corrected chi connectivity index (χ2v) is 5.80. The van der Waals surface area contributed by atoms with Crippen LogP contribution in [0, 0.1) is 0 Å². The van der Waals surface area contributed by atoms with Gasteiger partial charge in [0.2, 0.25) is 5.95 Å². The summed E-state index contributed by atoms with van der Waals surface area (Å²) in [5.41, 5.74) is 9.12. The fourth-order valence-electron chi connectivity index (χ4n) is 3.13. The molecule has 0 saturated carbocycles. The Bertz CT molecular complexity index is 917. The lowest BCUT2D eigenvalue weighted by atomic mass is 10.0. The molecule has 4 rings (SSSR count). The molecule has 1 aliphatic heterocycles. The number of nitrogens with two attached hydrogens (primary N) is 1. The largest absolute Gasteiger partial charge is 0.497 e. The van der Waals surface area contributed by atoms with Gasteiger partial charge >= 0.3 is 0 Å². The minimum atomic E-state index is -0.521. The minimum absolute atomic E-state index is 0.314. The van der Waals surface area contributed by atoms with Crippen molar-refractivity contribution in [2.45, 2.75) is 13.0 Å². The molecular formula is C17H17N5O2. The number of H-pyrrole nitrogens is 1. The molecular weight excluding hydrogens is 306 g/mol. The number of aromatic nitrogens is 3. The topological polar surface area (TPSA) is 97.1 Å². The number of methoxy groups -OCH3 is 1. The summed E-state index contributed by atoms with van der Waals surface area (Å²) in [5, 5.41) is 1.20. The van der Waals surface area contributed by atoms with Gasteiger partial charge in [0.05, 0.1) is 19.2 Å². The zero-order valence-electron chi connectivity index (χ0n) is 13.2. The standard InChI is InChI=1S/C17H17N5O2/c1-24-11-2-3-14-13(6-11)12-4-5-22(9-15(12)21-14)17-19-7-10(8-20-17)16(18)23/h2-3,6-8,21H,4-5,9H2,1H3,(H2,18,23). The van der Waals surface area contributed by atoms with Gasteiger partial charge in [0.25, 0.3) is 5.91 Å². The molecule has 0 radical (unpaired) electrons. The first-order chi connectivity index (χ1) is 11.7. The highest BCUT2D eigenvalue weighted by atomic mass is 16.5. The van der Waals surface area contributed by atoms with Gasteiger partial charge in [0.1, 0.15) is 5.75 Å². The van der Waals surface area contributed by atoms with Gasteiger partial charge in [-0.3, -0.25) is 4.79 Å². The van der Waals surface area contributed by atoms with Crippen molar-refractivity contribution in [3.8, 4) is 5.75 Å². The molecule has 24 heavy (non-hydrogen) atoms. The zero-order chi connectivity index (χ0) is 16.7. The van der Waals surface area contributed by atoms with Crippen LogP contribution >= 0.6 is 0 Å². The lowest BCUT2D eigenvalue weighted by Crippen LogP contribution is -2.31. The maximum Gasteiger partial charge on any atom is 0.251 e. The van der Waals surface area contributed by atoms with E-state index in [1.165, 1.54) is 23.3 Å². The maximum absolute atomic E-state index is 11.1. The lowest BCUT2D eigenvalue weighted by molar-refractivity contribution is 0.0999. The van der Waals surface area contributed by atoms with Gasteiger partial charge < -0.3 is 20.4 Å². The van der Waals surface area contributed by atoms with Crippen molar-refractivity contribution < 1.29 is 9.53 Å². The molecule has 0 bridgehead atoms. The van der Waals surface area contributed by atoms with Crippen LogP contribution in [-0.4, -0.2) is 34.5 Å². The summed E-state index contributed by atoms with van der Waals surface area (Å²) in [6.07, 6.45) is 3.83. The van der Waals surface area contributed by atoms with Crippen molar-refractivity contribution >= 4 is 22.8 Å². The van der Waals surface area contributed by atoms with E-state index in [0.717, 1.165) is 29.9 Å². The third kappa shape index (κ3) is 2.34. The number of amides is 1. The molecule has 3 aromatic rings. The van der Waals surface area contributed by atoms with Crippen molar-refractivity contribution in [1.82, 2.24) is 15.0 Å². The van der Waals surface area contributed by atoms with Gasteiger partial charge in [-0.2, -0.15) is 0 Å². The van der Waals surface area contributed by atoms with E-state index in [9.17, 15) is 4.79 Å². The molecule has 0 unspecified atom stereocenters. The third-order valence-corrected chi connectivity index (χ3v) is 4.39. The Morgan fingerprint density at radius 1 is 1.33 bits per heavy atom. The molecule has 1 aliphatic rings. The summed E-state index contributed by atoms with van der Waals surface area (Å²) in [7, 11) is 1.68. The summed E-state index contributed by atoms with van der Waals surface area (Å²) in [6, 6.07) is 6.06. The van der Waals surface area contributed by atoms with Crippen LogP contribution in [0.15, 0.2) is 30.6 Å². The Balaban J connectivity index is 1.65. The van der Waals surface area contributed by atoms with Crippen LogP contribution < -0.4 is 15.4 Å². The molecule has 122 valence electrons. The first-order valence-electron chi connectivity index (χ1n) is 7.70. The van der Waals surface area contributed by atoms with Crippen molar-refractivity contribution in [2.24, 2.45) is 5.73 Å². The quantitative estimate of drug-likeness (QED) is 0.763. The van der Waals surface area contributed by atoms with Crippen molar-refractivity contribution in [3.63, 3.8) is 0 Å². The molecule has 7 heteroatoms. The van der Waals surface area contributed by atoms with Crippen molar-refractivity contribution in [1.29, 1.82) is 0 Å². The molecule has 2 aromatic heterocycles.